The van der Waals surface area contributed by atoms with Crippen molar-refractivity contribution in [2.75, 3.05) is 5.32 Å². The predicted octanol–water partition coefficient (Wildman–Crippen LogP) is 3.61. The summed E-state index contributed by atoms with van der Waals surface area (Å²) in [5.74, 6) is -1.13. The van der Waals surface area contributed by atoms with E-state index in [-0.39, 0.29) is 22.8 Å². The van der Waals surface area contributed by atoms with Crippen LogP contribution in [0.4, 0.5) is 10.1 Å². The van der Waals surface area contributed by atoms with E-state index in [0.29, 0.717) is 29.2 Å². The number of anilines is 1. The van der Waals surface area contributed by atoms with Crippen LogP contribution >= 0.6 is 11.6 Å². The minimum absolute atomic E-state index is 0.0171. The Hall–Kier alpha value is -2.98. The highest BCUT2D eigenvalue weighted by molar-refractivity contribution is 7.94. The Morgan fingerprint density at radius 1 is 1.29 bits per heavy atom. The van der Waals surface area contributed by atoms with Crippen LogP contribution in [0.25, 0.3) is 5.65 Å². The molecular formula is C23H23ClFN5O3S. The van der Waals surface area contributed by atoms with E-state index < -0.39 is 37.1 Å². The number of fused-ring (bicyclic) bond motifs is 3. The van der Waals surface area contributed by atoms with Gasteiger partial charge in [-0.2, -0.15) is 0 Å². The average molecular weight is 504 g/mol. The fraction of sp³-hybridized carbons (Fsp3) is 0.348. The van der Waals surface area contributed by atoms with Gasteiger partial charge in [0, 0.05) is 17.4 Å². The smallest absolute Gasteiger partial charge is 0.276 e. The minimum atomic E-state index is -3.69. The van der Waals surface area contributed by atoms with Gasteiger partial charge in [0.15, 0.2) is 9.84 Å². The molecule has 2 aliphatic rings. The fourth-order valence-corrected chi connectivity index (χ4v) is 7.82. The van der Waals surface area contributed by atoms with Gasteiger partial charge in [-0.05, 0) is 63.9 Å². The van der Waals surface area contributed by atoms with Gasteiger partial charge in [0.2, 0.25) is 0 Å². The first-order chi connectivity index (χ1) is 15.9. The first kappa shape index (κ1) is 22.8. The lowest BCUT2D eigenvalue weighted by Gasteiger charge is -2.39. The number of amidine groups is 1. The molecule has 3 N–H and O–H groups in total. The van der Waals surface area contributed by atoms with Gasteiger partial charge in [0.25, 0.3) is 5.91 Å². The summed E-state index contributed by atoms with van der Waals surface area (Å²) in [5.41, 5.74) is 6.37. The number of sulfone groups is 1. The number of hydrogen-bond donors (Lipinski definition) is 2. The van der Waals surface area contributed by atoms with Gasteiger partial charge >= 0.3 is 0 Å². The number of imidazole rings is 1. The van der Waals surface area contributed by atoms with E-state index in [2.05, 4.69) is 15.3 Å². The van der Waals surface area contributed by atoms with Crippen molar-refractivity contribution in [3.63, 3.8) is 0 Å². The molecule has 34 heavy (non-hydrogen) atoms. The first-order valence-electron chi connectivity index (χ1n) is 10.7. The van der Waals surface area contributed by atoms with Crippen LogP contribution in [0.5, 0.6) is 0 Å². The van der Waals surface area contributed by atoms with E-state index in [1.807, 2.05) is 0 Å². The molecule has 0 radical (unpaired) electrons. The number of rotatable bonds is 3. The third kappa shape index (κ3) is 3.01. The Labute approximate surface area is 201 Å². The molecule has 178 valence electrons. The molecule has 0 saturated carbocycles. The Balaban J connectivity index is 1.53. The summed E-state index contributed by atoms with van der Waals surface area (Å²) in [6, 6.07) is 7.39. The van der Waals surface area contributed by atoms with Gasteiger partial charge in [-0.25, -0.2) is 17.8 Å². The third-order valence-electron chi connectivity index (χ3n) is 7.21. The Morgan fingerprint density at radius 2 is 2.03 bits per heavy atom. The molecular weight excluding hydrogens is 481 g/mol. The highest BCUT2D eigenvalue weighted by Gasteiger charge is 2.63. The van der Waals surface area contributed by atoms with Crippen LogP contribution in [-0.2, 0) is 15.4 Å². The van der Waals surface area contributed by atoms with Crippen molar-refractivity contribution in [1.82, 2.24) is 9.38 Å². The van der Waals surface area contributed by atoms with E-state index in [4.69, 9.17) is 17.3 Å². The number of aliphatic imine (C=N–C) groups is 1. The number of hydrogen-bond acceptors (Lipinski definition) is 6. The maximum atomic E-state index is 15.1. The Kier molecular flexibility index (Phi) is 4.87. The number of nitrogens with two attached hydrogens (primary N) is 1. The molecule has 1 fully saturated rings. The van der Waals surface area contributed by atoms with E-state index >= 15 is 4.39 Å². The molecule has 1 amide bonds. The maximum absolute atomic E-state index is 15.1. The van der Waals surface area contributed by atoms with Gasteiger partial charge in [-0.15, -0.1) is 0 Å². The summed E-state index contributed by atoms with van der Waals surface area (Å²) < 4.78 is 42.0. The van der Waals surface area contributed by atoms with Gasteiger partial charge in [0.1, 0.15) is 33.3 Å². The lowest BCUT2D eigenvalue weighted by Crippen LogP contribution is -2.55. The molecule has 2 aliphatic heterocycles. The number of aromatic nitrogens is 2. The predicted molar refractivity (Wildman–Crippen MR) is 129 cm³/mol. The van der Waals surface area contributed by atoms with Crippen LogP contribution in [0.1, 0.15) is 48.4 Å². The average Bonchev–Trinajstić information content (AvgIpc) is 3.18. The molecule has 1 aromatic carbocycles. The number of benzene rings is 1. The van der Waals surface area contributed by atoms with Crippen LogP contribution in [0, 0.1) is 12.7 Å². The quantitative estimate of drug-likeness (QED) is 0.566. The summed E-state index contributed by atoms with van der Waals surface area (Å²) in [6.07, 6.45) is 2.31. The van der Waals surface area contributed by atoms with Crippen molar-refractivity contribution >= 4 is 44.5 Å². The lowest BCUT2D eigenvalue weighted by atomic mass is 9.86. The second-order valence-electron chi connectivity index (χ2n) is 9.22. The normalized spacial score (nSPS) is 27.6. The number of pyridine rings is 1. The van der Waals surface area contributed by atoms with Crippen molar-refractivity contribution < 1.29 is 17.6 Å². The second-order valence-corrected chi connectivity index (χ2v) is 12.2. The molecule has 0 spiro atoms. The van der Waals surface area contributed by atoms with Gasteiger partial charge < -0.3 is 15.5 Å². The largest absolute Gasteiger partial charge is 0.386 e. The number of amides is 1. The van der Waals surface area contributed by atoms with Gasteiger partial charge in [0.05, 0.1) is 16.0 Å². The van der Waals surface area contributed by atoms with Crippen LogP contribution in [0.2, 0.25) is 5.02 Å². The fourth-order valence-electron chi connectivity index (χ4n) is 5.08. The minimum Gasteiger partial charge on any atom is -0.386 e. The molecule has 1 saturated heterocycles. The van der Waals surface area contributed by atoms with E-state index in [1.54, 1.807) is 43.5 Å². The van der Waals surface area contributed by atoms with Crippen LogP contribution in [0.15, 0.2) is 41.5 Å². The number of halogens is 2. The third-order valence-corrected chi connectivity index (χ3v) is 10.6. The molecule has 0 aliphatic carbocycles. The first-order valence-corrected chi connectivity index (χ1v) is 12.7. The number of carbonyl (C=O) groups is 1. The molecule has 11 heteroatoms. The second kappa shape index (κ2) is 7.26. The number of nitrogens with one attached hydrogen (secondary N) is 1. The molecule has 2 aromatic heterocycles. The summed E-state index contributed by atoms with van der Waals surface area (Å²) in [4.78, 5) is 21.9. The zero-order valence-electron chi connectivity index (χ0n) is 18.8. The Morgan fingerprint density at radius 3 is 2.76 bits per heavy atom. The van der Waals surface area contributed by atoms with Crippen LogP contribution in [0.3, 0.4) is 0 Å². The van der Waals surface area contributed by atoms with Crippen LogP contribution < -0.4 is 11.1 Å². The van der Waals surface area contributed by atoms with E-state index in [9.17, 15) is 13.2 Å². The molecule has 0 unspecified atom stereocenters. The summed E-state index contributed by atoms with van der Waals surface area (Å²) >= 11 is 6.05. The van der Waals surface area contributed by atoms with Crippen molar-refractivity contribution in [2.24, 2.45) is 10.7 Å². The highest BCUT2D eigenvalue weighted by Crippen LogP contribution is 2.51. The molecule has 4 heterocycles. The summed E-state index contributed by atoms with van der Waals surface area (Å²) in [6.45, 7) is 4.88. The van der Waals surface area contributed by atoms with Crippen LogP contribution in [-0.4, -0.2) is 39.5 Å². The summed E-state index contributed by atoms with van der Waals surface area (Å²) in [7, 11) is -3.69. The number of aryl methyl sites for hydroxylation is 1. The van der Waals surface area contributed by atoms with E-state index in [0.717, 1.165) is 0 Å². The SMILES string of the molecule is Cc1c(C(=O)Nc2ccc(F)c([C@@]3(C)N=C(N)[C@]4(C)CC[C@H]3S4(=O)=O)c2)nc2ccc(Cl)cn12. The topological polar surface area (TPSA) is 119 Å². The Bertz CT molecular complexity index is 1520. The van der Waals surface area contributed by atoms with E-state index in [1.165, 1.54) is 18.2 Å². The van der Waals surface area contributed by atoms with Gasteiger partial charge in [-0.3, -0.25) is 9.79 Å². The summed E-state index contributed by atoms with van der Waals surface area (Å²) in [5, 5.41) is 2.33. The maximum Gasteiger partial charge on any atom is 0.276 e. The number of carbonyl (C=O) groups excluding carboxylic acids is 1. The zero-order valence-corrected chi connectivity index (χ0v) is 20.3. The standard InChI is InChI=1S/C23H23ClFN5O3S/c1-12-19(28-18-7-4-13(24)11-30(12)18)20(31)27-14-5-6-16(25)15(10-14)23(3)17-8-9-22(2,21(26)29-23)34(17,32)33/h4-7,10-11,17H,8-9H2,1-3H3,(H2,26,29)(H,27,31)/t17-,22+,23-/m1/s1. The zero-order chi connectivity index (χ0) is 24.6. The van der Waals surface area contributed by atoms with Crippen molar-refractivity contribution in [3.05, 3.63) is 64.3 Å². The lowest BCUT2D eigenvalue weighted by molar-refractivity contribution is 0.102. The molecule has 8 nitrogen and oxygen atoms in total. The van der Waals surface area contributed by atoms with Gasteiger partial charge in [-0.1, -0.05) is 11.6 Å². The number of nitrogens with zero attached hydrogens (tertiary/aromatic N) is 3. The van der Waals surface area contributed by atoms with Crippen molar-refractivity contribution in [3.8, 4) is 0 Å². The molecule has 3 atom stereocenters. The molecule has 3 aromatic rings. The van der Waals surface area contributed by atoms with Crippen molar-refractivity contribution in [2.45, 2.75) is 49.1 Å². The monoisotopic (exact) mass is 503 g/mol. The molecule has 5 rings (SSSR count). The highest BCUT2D eigenvalue weighted by atomic mass is 35.5. The molecule has 2 bridgehead atoms. The van der Waals surface area contributed by atoms with Crippen molar-refractivity contribution in [1.29, 1.82) is 0 Å².